The first kappa shape index (κ1) is 10.9. The number of rotatable bonds is 4. The summed E-state index contributed by atoms with van der Waals surface area (Å²) in [5.41, 5.74) is 0. The highest BCUT2D eigenvalue weighted by Crippen LogP contribution is 2.34. The second-order valence-corrected chi connectivity index (χ2v) is 4.84. The Morgan fingerprint density at radius 2 is 1.87 bits per heavy atom. The first-order valence-electron chi connectivity index (χ1n) is 6.15. The van der Waals surface area contributed by atoms with Crippen molar-refractivity contribution in [3.63, 3.8) is 0 Å². The van der Waals surface area contributed by atoms with Crippen LogP contribution in [0.2, 0.25) is 0 Å². The number of hydrogen-bond acceptors (Lipinski definition) is 3. The van der Waals surface area contributed by atoms with Crippen molar-refractivity contribution >= 4 is 5.97 Å². The number of carbonyl (C=O) groups excluding carboxylic acids is 1. The van der Waals surface area contributed by atoms with Gasteiger partial charge in [0, 0.05) is 6.04 Å². The van der Waals surface area contributed by atoms with E-state index in [9.17, 15) is 4.79 Å². The van der Waals surface area contributed by atoms with E-state index in [0.29, 0.717) is 12.0 Å². The van der Waals surface area contributed by atoms with Gasteiger partial charge in [0.25, 0.3) is 0 Å². The van der Waals surface area contributed by atoms with E-state index in [2.05, 4.69) is 5.32 Å². The maximum atomic E-state index is 11.6. The van der Waals surface area contributed by atoms with E-state index in [4.69, 9.17) is 4.74 Å². The molecule has 2 saturated carbocycles. The van der Waals surface area contributed by atoms with Crippen LogP contribution in [0.3, 0.4) is 0 Å². The summed E-state index contributed by atoms with van der Waals surface area (Å²) in [6.45, 7) is 0. The molecule has 0 aromatic rings. The lowest BCUT2D eigenvalue weighted by Crippen LogP contribution is -2.46. The molecule has 0 aromatic heterocycles. The van der Waals surface area contributed by atoms with Gasteiger partial charge in [-0.25, -0.2) is 0 Å². The molecule has 86 valence electrons. The van der Waals surface area contributed by atoms with Crippen molar-refractivity contribution < 1.29 is 9.53 Å². The second-order valence-electron chi connectivity index (χ2n) is 4.84. The average molecular weight is 211 g/mol. The van der Waals surface area contributed by atoms with Crippen molar-refractivity contribution in [2.45, 2.75) is 57.0 Å². The average Bonchev–Trinajstić information content (AvgIpc) is 3.10. The van der Waals surface area contributed by atoms with Gasteiger partial charge < -0.3 is 10.1 Å². The summed E-state index contributed by atoms with van der Waals surface area (Å²) in [5, 5.41) is 3.49. The summed E-state index contributed by atoms with van der Waals surface area (Å²) in [6.07, 6.45) is 8.76. The number of hydrogen-bond donors (Lipinski definition) is 1. The van der Waals surface area contributed by atoms with Gasteiger partial charge in [-0.1, -0.05) is 19.3 Å². The van der Waals surface area contributed by atoms with Crippen LogP contribution in [0.15, 0.2) is 0 Å². The summed E-state index contributed by atoms with van der Waals surface area (Å²) >= 11 is 0. The third-order valence-electron chi connectivity index (χ3n) is 3.57. The normalized spacial score (nSPS) is 24.9. The van der Waals surface area contributed by atoms with Crippen LogP contribution in [0.4, 0.5) is 0 Å². The van der Waals surface area contributed by atoms with Gasteiger partial charge in [-0.3, -0.25) is 4.79 Å². The van der Waals surface area contributed by atoms with E-state index in [-0.39, 0.29) is 12.0 Å². The molecule has 3 nitrogen and oxygen atoms in total. The van der Waals surface area contributed by atoms with Crippen LogP contribution >= 0.6 is 0 Å². The number of ether oxygens (including phenoxy) is 1. The fraction of sp³-hybridized carbons (Fsp3) is 0.917. The second kappa shape index (κ2) is 4.97. The van der Waals surface area contributed by atoms with Crippen LogP contribution in [0.5, 0.6) is 0 Å². The van der Waals surface area contributed by atoms with Gasteiger partial charge in [0.05, 0.1) is 7.11 Å². The van der Waals surface area contributed by atoms with Crippen molar-refractivity contribution in [1.82, 2.24) is 5.32 Å². The van der Waals surface area contributed by atoms with Crippen molar-refractivity contribution in [2.75, 3.05) is 7.11 Å². The van der Waals surface area contributed by atoms with Gasteiger partial charge in [-0.2, -0.15) is 0 Å². The Morgan fingerprint density at radius 3 is 2.40 bits per heavy atom. The van der Waals surface area contributed by atoms with Crippen LogP contribution in [-0.2, 0) is 9.53 Å². The molecule has 0 bridgehead atoms. The van der Waals surface area contributed by atoms with Crippen LogP contribution in [-0.4, -0.2) is 25.2 Å². The minimum Gasteiger partial charge on any atom is -0.468 e. The molecule has 15 heavy (non-hydrogen) atoms. The molecule has 1 atom stereocenters. The lowest BCUT2D eigenvalue weighted by atomic mass is 9.94. The molecular weight excluding hydrogens is 190 g/mol. The van der Waals surface area contributed by atoms with Gasteiger partial charge in [0.2, 0.25) is 0 Å². The molecule has 0 amide bonds. The molecule has 3 heteroatoms. The van der Waals surface area contributed by atoms with E-state index < -0.39 is 0 Å². The van der Waals surface area contributed by atoms with E-state index in [0.717, 1.165) is 0 Å². The molecule has 0 heterocycles. The van der Waals surface area contributed by atoms with Crippen molar-refractivity contribution in [1.29, 1.82) is 0 Å². The molecule has 0 aliphatic heterocycles. The van der Waals surface area contributed by atoms with E-state index in [1.807, 2.05) is 0 Å². The summed E-state index contributed by atoms with van der Waals surface area (Å²) in [7, 11) is 1.49. The minimum atomic E-state index is -0.0666. The maximum Gasteiger partial charge on any atom is 0.323 e. The van der Waals surface area contributed by atoms with Gasteiger partial charge >= 0.3 is 5.97 Å². The highest BCUT2D eigenvalue weighted by molar-refractivity contribution is 5.76. The molecule has 2 rings (SSSR count). The maximum absolute atomic E-state index is 11.6. The van der Waals surface area contributed by atoms with Crippen molar-refractivity contribution in [3.8, 4) is 0 Å². The quantitative estimate of drug-likeness (QED) is 0.721. The summed E-state index contributed by atoms with van der Waals surface area (Å²) in [5.74, 6) is 0.474. The highest BCUT2D eigenvalue weighted by atomic mass is 16.5. The Morgan fingerprint density at radius 1 is 1.20 bits per heavy atom. The molecule has 2 fully saturated rings. The Kier molecular flexibility index (Phi) is 3.62. The van der Waals surface area contributed by atoms with E-state index >= 15 is 0 Å². The topological polar surface area (TPSA) is 38.3 Å². The first-order chi connectivity index (χ1) is 7.31. The Bertz CT molecular complexity index is 220. The van der Waals surface area contributed by atoms with Gasteiger partial charge in [-0.15, -0.1) is 0 Å². The highest BCUT2D eigenvalue weighted by Gasteiger charge is 2.38. The zero-order valence-corrected chi connectivity index (χ0v) is 9.50. The Labute approximate surface area is 91.6 Å². The van der Waals surface area contributed by atoms with E-state index in [1.165, 1.54) is 52.1 Å². The number of methoxy groups -OCH3 is 1. The summed E-state index contributed by atoms with van der Waals surface area (Å²) in [4.78, 5) is 11.6. The molecule has 0 radical (unpaired) electrons. The van der Waals surface area contributed by atoms with Crippen LogP contribution in [0, 0.1) is 5.92 Å². The number of carbonyl (C=O) groups is 1. The molecule has 1 unspecified atom stereocenters. The van der Waals surface area contributed by atoms with Crippen molar-refractivity contribution in [2.24, 2.45) is 5.92 Å². The number of esters is 1. The lowest BCUT2D eigenvalue weighted by Gasteiger charge is -2.27. The molecule has 0 aromatic carbocycles. The SMILES string of the molecule is COC(=O)C(NC1CCCCC1)C1CC1. The predicted molar refractivity (Wildman–Crippen MR) is 58.5 cm³/mol. The lowest BCUT2D eigenvalue weighted by molar-refractivity contribution is -0.144. The smallest absolute Gasteiger partial charge is 0.323 e. The third kappa shape index (κ3) is 2.94. The van der Waals surface area contributed by atoms with Crippen LogP contribution in [0.25, 0.3) is 0 Å². The standard InChI is InChI=1S/C12H21NO2/c1-15-12(14)11(9-7-8-9)13-10-5-3-2-4-6-10/h9-11,13H,2-8H2,1H3. The zero-order valence-electron chi connectivity index (χ0n) is 9.50. The van der Waals surface area contributed by atoms with Crippen molar-refractivity contribution in [3.05, 3.63) is 0 Å². The molecule has 2 aliphatic carbocycles. The largest absolute Gasteiger partial charge is 0.468 e. The Balaban J connectivity index is 1.84. The van der Waals surface area contributed by atoms with E-state index in [1.54, 1.807) is 0 Å². The van der Waals surface area contributed by atoms with Gasteiger partial charge in [0.1, 0.15) is 6.04 Å². The number of nitrogens with one attached hydrogen (secondary N) is 1. The van der Waals surface area contributed by atoms with Gasteiger partial charge in [-0.05, 0) is 31.6 Å². The fourth-order valence-corrected chi connectivity index (χ4v) is 2.48. The zero-order chi connectivity index (χ0) is 10.7. The summed E-state index contributed by atoms with van der Waals surface area (Å²) in [6, 6.07) is 0.515. The minimum absolute atomic E-state index is 0.0295. The fourth-order valence-electron chi connectivity index (χ4n) is 2.48. The summed E-state index contributed by atoms with van der Waals surface area (Å²) < 4.78 is 4.85. The molecular formula is C12H21NO2. The first-order valence-corrected chi connectivity index (χ1v) is 6.15. The Hall–Kier alpha value is -0.570. The van der Waals surface area contributed by atoms with Crippen LogP contribution < -0.4 is 5.32 Å². The molecule has 1 N–H and O–H groups in total. The third-order valence-corrected chi connectivity index (χ3v) is 3.57. The van der Waals surface area contributed by atoms with Gasteiger partial charge in [0.15, 0.2) is 0 Å². The molecule has 0 saturated heterocycles. The monoisotopic (exact) mass is 211 g/mol. The molecule has 0 spiro atoms. The molecule has 2 aliphatic rings. The van der Waals surface area contributed by atoms with Crippen LogP contribution in [0.1, 0.15) is 44.9 Å². The predicted octanol–water partition coefficient (Wildman–Crippen LogP) is 1.86.